The van der Waals surface area contributed by atoms with Crippen molar-refractivity contribution in [3.8, 4) is 5.69 Å². The molecule has 0 fully saturated rings. The molecule has 90 valence electrons. The topological polar surface area (TPSA) is 43.8 Å². The molecule has 0 aliphatic rings. The van der Waals surface area contributed by atoms with Gasteiger partial charge in [0.25, 0.3) is 0 Å². The van der Waals surface area contributed by atoms with E-state index in [1.54, 1.807) is 12.5 Å². The summed E-state index contributed by atoms with van der Waals surface area (Å²) in [4.78, 5) is 4.09. The van der Waals surface area contributed by atoms with Gasteiger partial charge in [0.15, 0.2) is 0 Å². The number of nitrogens with two attached hydrogens (primary N) is 1. The SMILES string of the molecule is CC[C@@H](N)c1cncn1-c1cc(C)cc(F)c1. The lowest BCUT2D eigenvalue weighted by molar-refractivity contribution is 0.622. The Morgan fingerprint density at radius 2 is 2.18 bits per heavy atom. The largest absolute Gasteiger partial charge is 0.323 e. The van der Waals surface area contributed by atoms with E-state index in [0.717, 1.165) is 23.4 Å². The van der Waals surface area contributed by atoms with Crippen molar-refractivity contribution in [2.24, 2.45) is 5.73 Å². The molecule has 0 unspecified atom stereocenters. The smallest absolute Gasteiger partial charge is 0.125 e. The summed E-state index contributed by atoms with van der Waals surface area (Å²) in [6.45, 7) is 3.88. The number of aromatic nitrogens is 2. The van der Waals surface area contributed by atoms with E-state index < -0.39 is 0 Å². The van der Waals surface area contributed by atoms with Crippen molar-refractivity contribution < 1.29 is 4.39 Å². The Labute approximate surface area is 100 Å². The van der Waals surface area contributed by atoms with Crippen LogP contribution in [0.2, 0.25) is 0 Å². The molecule has 1 atom stereocenters. The third kappa shape index (κ3) is 2.36. The molecule has 0 amide bonds. The highest BCUT2D eigenvalue weighted by atomic mass is 19.1. The summed E-state index contributed by atoms with van der Waals surface area (Å²) in [6, 6.07) is 4.82. The van der Waals surface area contributed by atoms with Gasteiger partial charge < -0.3 is 10.3 Å². The monoisotopic (exact) mass is 233 g/mol. The van der Waals surface area contributed by atoms with Gasteiger partial charge in [0.2, 0.25) is 0 Å². The zero-order chi connectivity index (χ0) is 12.4. The van der Waals surface area contributed by atoms with E-state index >= 15 is 0 Å². The summed E-state index contributed by atoms with van der Waals surface area (Å²) >= 11 is 0. The molecule has 0 aliphatic carbocycles. The average Bonchev–Trinajstić information content (AvgIpc) is 2.75. The first-order chi connectivity index (χ1) is 8.11. The Balaban J connectivity index is 2.49. The maximum atomic E-state index is 13.4. The molecule has 4 heteroatoms. The molecular formula is C13H16FN3. The Morgan fingerprint density at radius 3 is 2.82 bits per heavy atom. The maximum Gasteiger partial charge on any atom is 0.125 e. The zero-order valence-corrected chi connectivity index (χ0v) is 10.0. The number of rotatable bonds is 3. The number of halogens is 1. The molecule has 17 heavy (non-hydrogen) atoms. The van der Waals surface area contributed by atoms with Gasteiger partial charge in [-0.1, -0.05) is 6.92 Å². The predicted octanol–water partition coefficient (Wildman–Crippen LogP) is 2.73. The third-order valence-electron chi connectivity index (χ3n) is 2.79. The van der Waals surface area contributed by atoms with Gasteiger partial charge in [-0.2, -0.15) is 0 Å². The second-order valence-electron chi connectivity index (χ2n) is 4.19. The van der Waals surface area contributed by atoms with Crippen LogP contribution in [-0.2, 0) is 0 Å². The van der Waals surface area contributed by atoms with Gasteiger partial charge in [-0.3, -0.25) is 0 Å². The maximum absolute atomic E-state index is 13.4. The van der Waals surface area contributed by atoms with Gasteiger partial charge in [-0.15, -0.1) is 0 Å². The van der Waals surface area contributed by atoms with Crippen LogP contribution in [0.15, 0.2) is 30.7 Å². The Hall–Kier alpha value is -1.68. The number of hydrogen-bond acceptors (Lipinski definition) is 2. The van der Waals surface area contributed by atoms with E-state index in [-0.39, 0.29) is 11.9 Å². The minimum Gasteiger partial charge on any atom is -0.323 e. The lowest BCUT2D eigenvalue weighted by atomic mass is 10.1. The first-order valence-corrected chi connectivity index (χ1v) is 5.67. The molecule has 0 radical (unpaired) electrons. The van der Waals surface area contributed by atoms with Crippen molar-refractivity contribution in [1.29, 1.82) is 0 Å². The average molecular weight is 233 g/mol. The number of nitrogens with zero attached hydrogens (tertiary/aromatic N) is 2. The standard InChI is InChI=1S/C13H16FN3/c1-3-12(15)13-7-16-8-17(13)11-5-9(2)4-10(14)6-11/h4-8,12H,3,15H2,1-2H3/t12-/m1/s1. The van der Waals surface area contributed by atoms with Crippen LogP contribution in [-0.4, -0.2) is 9.55 Å². The second kappa shape index (κ2) is 4.67. The van der Waals surface area contributed by atoms with Crippen molar-refractivity contribution in [1.82, 2.24) is 9.55 Å². The molecule has 0 saturated heterocycles. The predicted molar refractivity (Wildman–Crippen MR) is 65.5 cm³/mol. The van der Waals surface area contributed by atoms with Gasteiger partial charge in [0, 0.05) is 11.7 Å². The van der Waals surface area contributed by atoms with Crippen LogP contribution >= 0.6 is 0 Å². The molecule has 0 bridgehead atoms. The minimum absolute atomic E-state index is 0.0823. The van der Waals surface area contributed by atoms with Crippen LogP contribution in [0.4, 0.5) is 4.39 Å². The fourth-order valence-corrected chi connectivity index (χ4v) is 1.86. The molecule has 0 saturated carbocycles. The molecule has 2 aromatic rings. The van der Waals surface area contributed by atoms with Gasteiger partial charge in [-0.05, 0) is 37.1 Å². The summed E-state index contributed by atoms with van der Waals surface area (Å²) in [5, 5.41) is 0. The number of aryl methyl sites for hydroxylation is 1. The Kier molecular flexibility index (Phi) is 3.24. The van der Waals surface area contributed by atoms with Crippen LogP contribution in [0, 0.1) is 12.7 Å². The molecule has 1 heterocycles. The van der Waals surface area contributed by atoms with E-state index in [4.69, 9.17) is 5.73 Å². The van der Waals surface area contributed by atoms with Crippen molar-refractivity contribution >= 4 is 0 Å². The molecule has 2 N–H and O–H groups in total. The number of imidazole rings is 1. The van der Waals surface area contributed by atoms with E-state index in [0.29, 0.717) is 0 Å². The lowest BCUT2D eigenvalue weighted by Gasteiger charge is -2.13. The highest BCUT2D eigenvalue weighted by Gasteiger charge is 2.11. The molecule has 3 nitrogen and oxygen atoms in total. The van der Waals surface area contributed by atoms with Gasteiger partial charge in [-0.25, -0.2) is 9.37 Å². The quantitative estimate of drug-likeness (QED) is 0.885. The van der Waals surface area contributed by atoms with Crippen LogP contribution in [0.5, 0.6) is 0 Å². The van der Waals surface area contributed by atoms with E-state index in [9.17, 15) is 4.39 Å². The molecular weight excluding hydrogens is 217 g/mol. The Bertz CT molecular complexity index is 499. The van der Waals surface area contributed by atoms with Crippen LogP contribution in [0.25, 0.3) is 5.69 Å². The molecule has 1 aromatic heterocycles. The van der Waals surface area contributed by atoms with Crippen molar-refractivity contribution in [2.75, 3.05) is 0 Å². The second-order valence-corrected chi connectivity index (χ2v) is 4.19. The Morgan fingerprint density at radius 1 is 1.41 bits per heavy atom. The summed E-state index contributed by atoms with van der Waals surface area (Å²) in [5.74, 6) is -0.246. The minimum atomic E-state index is -0.246. The van der Waals surface area contributed by atoms with Crippen molar-refractivity contribution in [2.45, 2.75) is 26.3 Å². The van der Waals surface area contributed by atoms with Gasteiger partial charge in [0.1, 0.15) is 5.82 Å². The fourth-order valence-electron chi connectivity index (χ4n) is 1.86. The molecule has 0 spiro atoms. The number of benzene rings is 1. The van der Waals surface area contributed by atoms with Gasteiger partial charge >= 0.3 is 0 Å². The molecule has 2 rings (SSSR count). The third-order valence-corrected chi connectivity index (χ3v) is 2.79. The van der Waals surface area contributed by atoms with Crippen LogP contribution in [0.3, 0.4) is 0 Å². The van der Waals surface area contributed by atoms with E-state index in [1.165, 1.54) is 12.1 Å². The van der Waals surface area contributed by atoms with Crippen molar-refractivity contribution in [3.63, 3.8) is 0 Å². The first kappa shape index (κ1) is 11.8. The van der Waals surface area contributed by atoms with Gasteiger partial charge in [0.05, 0.1) is 18.2 Å². The van der Waals surface area contributed by atoms with E-state index in [1.807, 2.05) is 24.5 Å². The van der Waals surface area contributed by atoms with E-state index in [2.05, 4.69) is 4.98 Å². The summed E-state index contributed by atoms with van der Waals surface area (Å²) in [7, 11) is 0. The summed E-state index contributed by atoms with van der Waals surface area (Å²) < 4.78 is 15.2. The fraction of sp³-hybridized carbons (Fsp3) is 0.308. The number of hydrogen-bond donors (Lipinski definition) is 1. The summed E-state index contributed by atoms with van der Waals surface area (Å²) in [6.07, 6.45) is 4.22. The normalized spacial score (nSPS) is 12.7. The highest BCUT2D eigenvalue weighted by molar-refractivity contribution is 5.38. The van der Waals surface area contributed by atoms with Crippen LogP contribution < -0.4 is 5.73 Å². The molecule has 0 aliphatic heterocycles. The zero-order valence-electron chi connectivity index (χ0n) is 10.0. The molecule has 1 aromatic carbocycles. The lowest BCUT2D eigenvalue weighted by Crippen LogP contribution is -2.13. The summed E-state index contributed by atoms with van der Waals surface area (Å²) in [5.41, 5.74) is 8.54. The van der Waals surface area contributed by atoms with Crippen molar-refractivity contribution in [3.05, 3.63) is 47.8 Å². The first-order valence-electron chi connectivity index (χ1n) is 5.67. The van der Waals surface area contributed by atoms with Crippen LogP contribution in [0.1, 0.15) is 30.6 Å². The highest BCUT2D eigenvalue weighted by Crippen LogP contribution is 2.20.